The number of rotatable bonds is 4. The highest BCUT2D eigenvalue weighted by atomic mass is 16.1. The molecule has 2 rings (SSSR count). The highest BCUT2D eigenvalue weighted by Gasteiger charge is 2.28. The molecule has 0 aromatic rings. The third kappa shape index (κ3) is 4.47. The third-order valence-electron chi connectivity index (χ3n) is 5.47. The summed E-state index contributed by atoms with van der Waals surface area (Å²) in [6.45, 7) is 9.11. The van der Waals surface area contributed by atoms with Crippen molar-refractivity contribution in [1.29, 1.82) is 0 Å². The van der Waals surface area contributed by atoms with Gasteiger partial charge < -0.3 is 10.6 Å². The van der Waals surface area contributed by atoms with Gasteiger partial charge >= 0.3 is 0 Å². The van der Waals surface area contributed by atoms with E-state index in [2.05, 4.69) is 31.4 Å². The molecule has 116 valence electrons. The van der Waals surface area contributed by atoms with Gasteiger partial charge in [-0.05, 0) is 68.9 Å². The molecule has 4 atom stereocenters. The Morgan fingerprint density at radius 2 is 1.90 bits per heavy atom. The largest absolute Gasteiger partial charge is 0.353 e. The first kappa shape index (κ1) is 15.8. The Balaban J connectivity index is 1.74. The molecular formula is C17H32N2O. The quantitative estimate of drug-likeness (QED) is 0.831. The molecule has 20 heavy (non-hydrogen) atoms. The van der Waals surface area contributed by atoms with E-state index in [9.17, 15) is 4.79 Å². The molecule has 0 bridgehead atoms. The SMILES string of the molecule is CC1CCC(NC(=O)CC(C)C2CCNCC2)C(C)C1. The monoisotopic (exact) mass is 280 g/mol. The number of hydrogen-bond acceptors (Lipinski definition) is 2. The lowest BCUT2D eigenvalue weighted by molar-refractivity contribution is -0.123. The van der Waals surface area contributed by atoms with Crippen molar-refractivity contribution >= 4 is 5.91 Å². The molecule has 4 unspecified atom stereocenters. The van der Waals surface area contributed by atoms with Crippen molar-refractivity contribution in [1.82, 2.24) is 10.6 Å². The first-order valence-corrected chi connectivity index (χ1v) is 8.56. The molecular weight excluding hydrogens is 248 g/mol. The lowest BCUT2D eigenvalue weighted by Gasteiger charge is -2.34. The normalized spacial score (nSPS) is 33.6. The summed E-state index contributed by atoms with van der Waals surface area (Å²) < 4.78 is 0. The van der Waals surface area contributed by atoms with Crippen LogP contribution in [-0.4, -0.2) is 25.0 Å². The number of nitrogens with one attached hydrogen (secondary N) is 2. The molecule has 1 saturated carbocycles. The van der Waals surface area contributed by atoms with Crippen LogP contribution in [0, 0.1) is 23.7 Å². The van der Waals surface area contributed by atoms with Gasteiger partial charge in [0.25, 0.3) is 0 Å². The molecule has 3 nitrogen and oxygen atoms in total. The van der Waals surface area contributed by atoms with Gasteiger partial charge in [0, 0.05) is 12.5 Å². The van der Waals surface area contributed by atoms with Crippen molar-refractivity contribution in [2.75, 3.05) is 13.1 Å². The fraction of sp³-hybridized carbons (Fsp3) is 0.941. The topological polar surface area (TPSA) is 41.1 Å². The number of piperidine rings is 1. The second kappa shape index (κ2) is 7.44. The summed E-state index contributed by atoms with van der Waals surface area (Å²) >= 11 is 0. The second-order valence-corrected chi connectivity index (χ2v) is 7.34. The molecule has 2 N–H and O–H groups in total. The standard InChI is InChI=1S/C17H32N2O/c1-12-4-5-16(14(3)10-12)19-17(20)11-13(2)15-6-8-18-9-7-15/h12-16,18H,4-11H2,1-3H3,(H,19,20). The van der Waals surface area contributed by atoms with Crippen LogP contribution in [-0.2, 0) is 4.79 Å². The molecule has 0 aromatic heterocycles. The predicted octanol–water partition coefficient (Wildman–Crippen LogP) is 2.95. The van der Waals surface area contributed by atoms with E-state index in [0.29, 0.717) is 24.3 Å². The Labute approximate surface area is 124 Å². The first-order chi connectivity index (χ1) is 9.56. The number of amides is 1. The Morgan fingerprint density at radius 3 is 2.55 bits per heavy atom. The van der Waals surface area contributed by atoms with Crippen LogP contribution in [0.2, 0.25) is 0 Å². The van der Waals surface area contributed by atoms with Crippen molar-refractivity contribution in [3.63, 3.8) is 0 Å². The lowest BCUT2D eigenvalue weighted by Crippen LogP contribution is -2.43. The molecule has 1 heterocycles. The van der Waals surface area contributed by atoms with Crippen molar-refractivity contribution in [2.24, 2.45) is 23.7 Å². The molecule has 0 spiro atoms. The van der Waals surface area contributed by atoms with E-state index in [0.717, 1.165) is 31.3 Å². The Morgan fingerprint density at radius 1 is 1.20 bits per heavy atom. The van der Waals surface area contributed by atoms with Crippen LogP contribution in [0.25, 0.3) is 0 Å². The Hall–Kier alpha value is -0.570. The van der Waals surface area contributed by atoms with Crippen LogP contribution in [0.15, 0.2) is 0 Å². The summed E-state index contributed by atoms with van der Waals surface area (Å²) in [6.07, 6.45) is 6.85. The van der Waals surface area contributed by atoms with Gasteiger partial charge in [-0.25, -0.2) is 0 Å². The average Bonchev–Trinajstić information content (AvgIpc) is 2.43. The molecule has 2 aliphatic rings. The van der Waals surface area contributed by atoms with Crippen molar-refractivity contribution < 1.29 is 4.79 Å². The summed E-state index contributed by atoms with van der Waals surface area (Å²) in [5.41, 5.74) is 0. The molecule has 3 heteroatoms. The molecule has 0 radical (unpaired) electrons. The van der Waals surface area contributed by atoms with Gasteiger partial charge in [0.2, 0.25) is 5.91 Å². The van der Waals surface area contributed by atoms with Crippen LogP contribution < -0.4 is 10.6 Å². The second-order valence-electron chi connectivity index (χ2n) is 7.34. The average molecular weight is 280 g/mol. The van der Waals surface area contributed by atoms with Gasteiger partial charge in [0.1, 0.15) is 0 Å². The van der Waals surface area contributed by atoms with Gasteiger partial charge in [-0.2, -0.15) is 0 Å². The zero-order valence-corrected chi connectivity index (χ0v) is 13.5. The van der Waals surface area contributed by atoms with Crippen molar-refractivity contribution in [3.05, 3.63) is 0 Å². The summed E-state index contributed by atoms with van der Waals surface area (Å²) in [5.74, 6) is 2.99. The highest BCUT2D eigenvalue weighted by molar-refractivity contribution is 5.76. The minimum Gasteiger partial charge on any atom is -0.353 e. The van der Waals surface area contributed by atoms with E-state index in [1.807, 2.05) is 0 Å². The van der Waals surface area contributed by atoms with Gasteiger partial charge in [-0.15, -0.1) is 0 Å². The third-order valence-corrected chi connectivity index (χ3v) is 5.47. The van der Waals surface area contributed by atoms with E-state index in [1.54, 1.807) is 0 Å². The predicted molar refractivity (Wildman–Crippen MR) is 83.5 cm³/mol. The first-order valence-electron chi connectivity index (χ1n) is 8.56. The molecule has 0 aromatic carbocycles. The van der Waals surface area contributed by atoms with E-state index >= 15 is 0 Å². The maximum atomic E-state index is 12.3. The Kier molecular flexibility index (Phi) is 5.88. The highest BCUT2D eigenvalue weighted by Crippen LogP contribution is 2.29. The molecule has 2 fully saturated rings. The number of carbonyl (C=O) groups excluding carboxylic acids is 1. The van der Waals surface area contributed by atoms with Crippen molar-refractivity contribution in [2.45, 2.75) is 65.3 Å². The summed E-state index contributed by atoms with van der Waals surface area (Å²) in [7, 11) is 0. The van der Waals surface area contributed by atoms with Crippen LogP contribution in [0.5, 0.6) is 0 Å². The fourth-order valence-electron chi connectivity index (χ4n) is 4.02. The zero-order valence-electron chi connectivity index (χ0n) is 13.5. The smallest absolute Gasteiger partial charge is 0.220 e. The van der Waals surface area contributed by atoms with E-state index in [1.165, 1.54) is 25.7 Å². The summed E-state index contributed by atoms with van der Waals surface area (Å²) in [4.78, 5) is 12.3. The maximum absolute atomic E-state index is 12.3. The van der Waals surface area contributed by atoms with E-state index < -0.39 is 0 Å². The number of hydrogen-bond donors (Lipinski definition) is 2. The van der Waals surface area contributed by atoms with Crippen LogP contribution >= 0.6 is 0 Å². The molecule has 1 aliphatic heterocycles. The maximum Gasteiger partial charge on any atom is 0.220 e. The van der Waals surface area contributed by atoms with Crippen LogP contribution in [0.3, 0.4) is 0 Å². The van der Waals surface area contributed by atoms with Gasteiger partial charge in [0.05, 0.1) is 0 Å². The van der Waals surface area contributed by atoms with Crippen LogP contribution in [0.4, 0.5) is 0 Å². The molecule has 1 amide bonds. The van der Waals surface area contributed by atoms with Crippen molar-refractivity contribution in [3.8, 4) is 0 Å². The van der Waals surface area contributed by atoms with E-state index in [-0.39, 0.29) is 5.91 Å². The molecule has 1 saturated heterocycles. The zero-order chi connectivity index (χ0) is 14.5. The van der Waals surface area contributed by atoms with E-state index in [4.69, 9.17) is 0 Å². The Bertz CT molecular complexity index is 312. The molecule has 1 aliphatic carbocycles. The van der Waals surface area contributed by atoms with Gasteiger partial charge in [-0.1, -0.05) is 20.8 Å². The summed E-state index contributed by atoms with van der Waals surface area (Å²) in [6, 6.07) is 0.416. The lowest BCUT2D eigenvalue weighted by atomic mass is 9.79. The van der Waals surface area contributed by atoms with Gasteiger partial charge in [-0.3, -0.25) is 4.79 Å². The number of carbonyl (C=O) groups is 1. The van der Waals surface area contributed by atoms with Crippen LogP contribution in [0.1, 0.15) is 59.3 Å². The minimum atomic E-state index is 0.280. The van der Waals surface area contributed by atoms with Gasteiger partial charge in [0.15, 0.2) is 0 Å². The summed E-state index contributed by atoms with van der Waals surface area (Å²) in [5, 5.41) is 6.70. The fourth-order valence-corrected chi connectivity index (χ4v) is 4.02. The minimum absolute atomic E-state index is 0.280.